The van der Waals surface area contributed by atoms with Crippen LogP contribution in [0.5, 0.6) is 5.75 Å². The van der Waals surface area contributed by atoms with Gasteiger partial charge in [0.2, 0.25) is 5.91 Å². The van der Waals surface area contributed by atoms with E-state index in [0.717, 1.165) is 25.1 Å². The van der Waals surface area contributed by atoms with E-state index in [4.69, 9.17) is 9.84 Å². The van der Waals surface area contributed by atoms with E-state index in [2.05, 4.69) is 10.2 Å². The Morgan fingerprint density at radius 1 is 1.41 bits per heavy atom. The zero-order chi connectivity index (χ0) is 15.9. The molecule has 1 aromatic rings. The first-order valence-electron chi connectivity index (χ1n) is 7.44. The number of carboxylic acid groups (broad SMARTS) is 1. The molecule has 1 aliphatic heterocycles. The Bertz CT molecular complexity index is 533. The van der Waals surface area contributed by atoms with Gasteiger partial charge in [-0.25, -0.2) is 4.79 Å². The summed E-state index contributed by atoms with van der Waals surface area (Å²) in [6.45, 7) is 2.19. The Morgan fingerprint density at radius 3 is 2.91 bits per heavy atom. The second kappa shape index (κ2) is 7.79. The molecule has 6 heteroatoms. The number of amides is 1. The fraction of sp³-hybridized carbons (Fsp3) is 0.500. The van der Waals surface area contributed by atoms with Crippen LogP contribution >= 0.6 is 0 Å². The number of aliphatic carboxylic acids is 1. The fourth-order valence-corrected chi connectivity index (χ4v) is 2.74. The van der Waals surface area contributed by atoms with Gasteiger partial charge in [0, 0.05) is 32.1 Å². The smallest absolute Gasteiger partial charge is 0.341 e. The number of hydrogen-bond acceptors (Lipinski definition) is 4. The van der Waals surface area contributed by atoms with E-state index in [1.165, 1.54) is 0 Å². The molecule has 22 heavy (non-hydrogen) atoms. The molecule has 1 amide bonds. The molecule has 0 aliphatic carbocycles. The largest absolute Gasteiger partial charge is 0.482 e. The van der Waals surface area contributed by atoms with Gasteiger partial charge >= 0.3 is 5.97 Å². The highest BCUT2D eigenvalue weighted by atomic mass is 16.5. The standard InChI is InChI=1S/C16H22N2O4/c1-17-15(19)8-12-6-7-18(9-12)10-13-4-2-3-5-14(13)22-11-16(20)21/h2-5,12H,6-11H2,1H3,(H,17,19)(H,20,21)/t12-/m1/s1. The summed E-state index contributed by atoms with van der Waals surface area (Å²) in [4.78, 5) is 24.3. The SMILES string of the molecule is CNC(=O)C[C@H]1CCN(Cc2ccccc2OCC(=O)O)C1. The molecule has 0 saturated carbocycles. The molecule has 0 bridgehead atoms. The van der Waals surface area contributed by atoms with Crippen LogP contribution in [-0.4, -0.2) is 48.6 Å². The molecule has 1 aliphatic rings. The third kappa shape index (κ3) is 4.73. The van der Waals surface area contributed by atoms with Crippen molar-refractivity contribution in [3.63, 3.8) is 0 Å². The van der Waals surface area contributed by atoms with E-state index in [1.807, 2.05) is 18.2 Å². The minimum Gasteiger partial charge on any atom is -0.482 e. The normalized spacial score (nSPS) is 18.1. The molecule has 1 atom stereocenters. The molecule has 1 heterocycles. The van der Waals surface area contributed by atoms with E-state index in [9.17, 15) is 9.59 Å². The average molecular weight is 306 g/mol. The lowest BCUT2D eigenvalue weighted by atomic mass is 10.0. The van der Waals surface area contributed by atoms with Crippen LogP contribution in [-0.2, 0) is 16.1 Å². The van der Waals surface area contributed by atoms with Crippen LogP contribution in [0.4, 0.5) is 0 Å². The van der Waals surface area contributed by atoms with Crippen molar-refractivity contribution in [1.29, 1.82) is 0 Å². The summed E-state index contributed by atoms with van der Waals surface area (Å²) in [6.07, 6.45) is 1.57. The second-order valence-corrected chi connectivity index (χ2v) is 5.56. The number of ether oxygens (including phenoxy) is 1. The molecular weight excluding hydrogens is 284 g/mol. The Balaban J connectivity index is 1.91. The summed E-state index contributed by atoms with van der Waals surface area (Å²) < 4.78 is 5.33. The third-order valence-corrected chi connectivity index (χ3v) is 3.84. The molecule has 6 nitrogen and oxygen atoms in total. The Labute approximate surface area is 130 Å². The maximum absolute atomic E-state index is 11.4. The van der Waals surface area contributed by atoms with E-state index >= 15 is 0 Å². The number of benzene rings is 1. The van der Waals surface area contributed by atoms with Crippen molar-refractivity contribution in [2.75, 3.05) is 26.7 Å². The molecule has 0 radical (unpaired) electrons. The van der Waals surface area contributed by atoms with Crippen molar-refractivity contribution < 1.29 is 19.4 Å². The van der Waals surface area contributed by atoms with Crippen LogP contribution in [0.25, 0.3) is 0 Å². The zero-order valence-corrected chi connectivity index (χ0v) is 12.7. The highest BCUT2D eigenvalue weighted by molar-refractivity contribution is 5.75. The summed E-state index contributed by atoms with van der Waals surface area (Å²) in [5.74, 6) is 0.0883. The Kier molecular flexibility index (Phi) is 5.77. The number of carbonyl (C=O) groups excluding carboxylic acids is 1. The summed E-state index contributed by atoms with van der Waals surface area (Å²) in [5, 5.41) is 11.4. The topological polar surface area (TPSA) is 78.9 Å². The summed E-state index contributed by atoms with van der Waals surface area (Å²) in [6, 6.07) is 7.49. The number of carboxylic acids is 1. The average Bonchev–Trinajstić information content (AvgIpc) is 2.93. The fourth-order valence-electron chi connectivity index (χ4n) is 2.74. The summed E-state index contributed by atoms with van der Waals surface area (Å²) in [7, 11) is 1.66. The predicted molar refractivity (Wildman–Crippen MR) is 81.6 cm³/mol. The van der Waals surface area contributed by atoms with Crippen LogP contribution in [0.1, 0.15) is 18.4 Å². The highest BCUT2D eigenvalue weighted by Gasteiger charge is 2.24. The van der Waals surface area contributed by atoms with Gasteiger partial charge in [-0.3, -0.25) is 9.69 Å². The minimum atomic E-state index is -0.985. The van der Waals surface area contributed by atoms with E-state index in [0.29, 0.717) is 24.6 Å². The van der Waals surface area contributed by atoms with E-state index < -0.39 is 5.97 Å². The van der Waals surface area contributed by atoms with Gasteiger partial charge in [-0.15, -0.1) is 0 Å². The van der Waals surface area contributed by atoms with E-state index in [1.54, 1.807) is 13.1 Å². The van der Waals surface area contributed by atoms with Gasteiger partial charge in [-0.05, 0) is 24.9 Å². The number of hydrogen-bond donors (Lipinski definition) is 2. The molecule has 0 unspecified atom stereocenters. The lowest BCUT2D eigenvalue weighted by Gasteiger charge is -2.18. The van der Waals surface area contributed by atoms with Gasteiger partial charge in [0.05, 0.1) is 0 Å². The number of nitrogens with one attached hydrogen (secondary N) is 1. The van der Waals surface area contributed by atoms with Crippen LogP contribution in [0, 0.1) is 5.92 Å². The van der Waals surface area contributed by atoms with Crippen LogP contribution in [0.3, 0.4) is 0 Å². The van der Waals surface area contributed by atoms with Gasteiger partial charge in [-0.2, -0.15) is 0 Å². The molecular formula is C16H22N2O4. The van der Waals surface area contributed by atoms with Crippen LogP contribution in [0.2, 0.25) is 0 Å². The van der Waals surface area contributed by atoms with Crippen molar-refractivity contribution in [2.24, 2.45) is 5.92 Å². The first kappa shape index (κ1) is 16.3. The molecule has 1 aromatic carbocycles. The maximum Gasteiger partial charge on any atom is 0.341 e. The van der Waals surface area contributed by atoms with Crippen LogP contribution < -0.4 is 10.1 Å². The van der Waals surface area contributed by atoms with Crippen LogP contribution in [0.15, 0.2) is 24.3 Å². The highest BCUT2D eigenvalue weighted by Crippen LogP contribution is 2.25. The van der Waals surface area contributed by atoms with Gasteiger partial charge in [0.25, 0.3) is 0 Å². The Hall–Kier alpha value is -2.08. The monoisotopic (exact) mass is 306 g/mol. The Morgan fingerprint density at radius 2 is 2.18 bits per heavy atom. The number of carbonyl (C=O) groups is 2. The molecule has 120 valence electrons. The van der Waals surface area contributed by atoms with Gasteiger partial charge in [0.15, 0.2) is 6.61 Å². The lowest BCUT2D eigenvalue weighted by Crippen LogP contribution is -2.24. The van der Waals surface area contributed by atoms with Gasteiger partial charge in [0.1, 0.15) is 5.75 Å². The molecule has 1 fully saturated rings. The number of likely N-dealkylation sites (tertiary alicyclic amines) is 1. The zero-order valence-electron chi connectivity index (χ0n) is 12.7. The molecule has 0 spiro atoms. The minimum absolute atomic E-state index is 0.0806. The van der Waals surface area contributed by atoms with Gasteiger partial charge < -0.3 is 15.2 Å². The number of nitrogens with zero attached hydrogens (tertiary/aromatic N) is 1. The molecule has 2 rings (SSSR count). The maximum atomic E-state index is 11.4. The van der Waals surface area contributed by atoms with Gasteiger partial charge in [-0.1, -0.05) is 18.2 Å². The summed E-state index contributed by atoms with van der Waals surface area (Å²) >= 11 is 0. The first-order chi connectivity index (χ1) is 10.6. The van der Waals surface area contributed by atoms with Crippen molar-refractivity contribution in [3.8, 4) is 5.75 Å². The van der Waals surface area contributed by atoms with Crippen molar-refractivity contribution in [3.05, 3.63) is 29.8 Å². The molecule has 2 N–H and O–H groups in total. The first-order valence-corrected chi connectivity index (χ1v) is 7.44. The summed E-state index contributed by atoms with van der Waals surface area (Å²) in [5.41, 5.74) is 0.976. The number of para-hydroxylation sites is 1. The predicted octanol–water partition coefficient (Wildman–Crippen LogP) is 1.11. The number of rotatable bonds is 7. The molecule has 1 saturated heterocycles. The van der Waals surface area contributed by atoms with Crippen molar-refractivity contribution >= 4 is 11.9 Å². The second-order valence-electron chi connectivity index (χ2n) is 5.56. The van der Waals surface area contributed by atoms with E-state index in [-0.39, 0.29) is 12.5 Å². The third-order valence-electron chi connectivity index (χ3n) is 3.84. The van der Waals surface area contributed by atoms with Crippen molar-refractivity contribution in [1.82, 2.24) is 10.2 Å². The quantitative estimate of drug-likeness (QED) is 0.789. The lowest BCUT2D eigenvalue weighted by molar-refractivity contribution is -0.139. The van der Waals surface area contributed by atoms with Crippen molar-refractivity contribution in [2.45, 2.75) is 19.4 Å². The molecule has 0 aromatic heterocycles.